The topological polar surface area (TPSA) is 129 Å². The second kappa shape index (κ2) is 12.1. The summed E-state index contributed by atoms with van der Waals surface area (Å²) in [5, 5.41) is 2.94. The second-order valence-corrected chi connectivity index (χ2v) is 9.04. The van der Waals surface area contributed by atoms with Crippen LogP contribution in [0.25, 0.3) is 11.6 Å². The van der Waals surface area contributed by atoms with Crippen molar-refractivity contribution in [3.05, 3.63) is 52.1 Å². The number of nitrogens with one attached hydrogen (secondary N) is 2. The number of nitrogens with two attached hydrogens (primary N) is 1. The molecule has 2 aromatic rings. The lowest BCUT2D eigenvalue weighted by Gasteiger charge is -2.18. The summed E-state index contributed by atoms with van der Waals surface area (Å²) in [5.74, 6) is -1.92. The number of imide groups is 1. The SMILES string of the molecule is CCN(CC)CCNC(=O)c1c(C)[nH]c(/C=C2\C(=O)N(C(=O)CC[C@H](N)C=O)c3ccc(F)cc32)c1C. The van der Waals surface area contributed by atoms with Crippen molar-refractivity contribution in [3.63, 3.8) is 0 Å². The third-order valence-electron chi connectivity index (χ3n) is 6.64. The normalized spacial score (nSPS) is 14.8. The Kier molecular flexibility index (Phi) is 9.12. The van der Waals surface area contributed by atoms with Crippen LogP contribution in [0.2, 0.25) is 0 Å². The second-order valence-electron chi connectivity index (χ2n) is 9.04. The number of hydrogen-bond acceptors (Lipinski definition) is 6. The lowest BCUT2D eigenvalue weighted by atomic mass is 10.0. The monoisotopic (exact) mass is 511 g/mol. The Labute approximate surface area is 215 Å². The first-order valence-corrected chi connectivity index (χ1v) is 12.4. The molecule has 1 atom stereocenters. The number of halogens is 1. The van der Waals surface area contributed by atoms with Gasteiger partial charge in [0.05, 0.1) is 22.9 Å². The lowest BCUT2D eigenvalue weighted by Crippen LogP contribution is -2.35. The van der Waals surface area contributed by atoms with E-state index in [1.165, 1.54) is 18.2 Å². The summed E-state index contributed by atoms with van der Waals surface area (Å²) in [5.41, 5.74) is 8.51. The number of aryl methyl sites for hydroxylation is 1. The van der Waals surface area contributed by atoms with Crippen molar-refractivity contribution < 1.29 is 23.6 Å². The Hall–Kier alpha value is -3.63. The molecule has 1 aromatic carbocycles. The molecule has 198 valence electrons. The van der Waals surface area contributed by atoms with E-state index in [2.05, 4.69) is 29.0 Å². The Balaban J connectivity index is 1.90. The molecule has 0 spiro atoms. The zero-order valence-corrected chi connectivity index (χ0v) is 21.7. The molecule has 1 aliphatic heterocycles. The summed E-state index contributed by atoms with van der Waals surface area (Å²) in [6, 6.07) is 2.94. The van der Waals surface area contributed by atoms with Gasteiger partial charge >= 0.3 is 0 Å². The molecule has 1 aromatic heterocycles. The molecule has 0 unspecified atom stereocenters. The molecule has 0 saturated heterocycles. The molecule has 0 aliphatic carbocycles. The van der Waals surface area contributed by atoms with Gasteiger partial charge in [0.1, 0.15) is 12.1 Å². The Morgan fingerprint density at radius 1 is 1.24 bits per heavy atom. The van der Waals surface area contributed by atoms with Crippen molar-refractivity contribution in [3.8, 4) is 0 Å². The van der Waals surface area contributed by atoms with Crippen LogP contribution in [0, 0.1) is 19.7 Å². The van der Waals surface area contributed by atoms with Crippen molar-refractivity contribution in [1.82, 2.24) is 15.2 Å². The van der Waals surface area contributed by atoms with Gasteiger partial charge in [-0.25, -0.2) is 9.29 Å². The highest BCUT2D eigenvalue weighted by molar-refractivity contribution is 6.42. The number of likely N-dealkylation sites (N-methyl/N-ethyl adjacent to an activating group) is 1. The number of fused-ring (bicyclic) bond motifs is 1. The number of hydrogen-bond donors (Lipinski definition) is 3. The van der Waals surface area contributed by atoms with Gasteiger partial charge in [-0.1, -0.05) is 13.8 Å². The minimum absolute atomic E-state index is 0.0867. The smallest absolute Gasteiger partial charge is 0.265 e. The van der Waals surface area contributed by atoms with Crippen molar-refractivity contribution in [2.45, 2.75) is 46.6 Å². The van der Waals surface area contributed by atoms with Crippen molar-refractivity contribution >= 4 is 41.3 Å². The van der Waals surface area contributed by atoms with Gasteiger partial charge in [0.25, 0.3) is 11.8 Å². The van der Waals surface area contributed by atoms with E-state index in [-0.39, 0.29) is 35.6 Å². The number of carbonyl (C=O) groups excluding carboxylic acids is 4. The molecule has 4 N–H and O–H groups in total. The molecule has 10 heteroatoms. The number of rotatable bonds is 11. The van der Waals surface area contributed by atoms with Gasteiger partial charge in [0.2, 0.25) is 5.91 Å². The first-order valence-electron chi connectivity index (χ1n) is 12.4. The molecule has 0 saturated carbocycles. The number of benzene rings is 1. The van der Waals surface area contributed by atoms with Crippen LogP contribution in [0.1, 0.15) is 59.6 Å². The quantitative estimate of drug-likeness (QED) is 0.314. The summed E-state index contributed by atoms with van der Waals surface area (Å²) in [7, 11) is 0. The molecule has 9 nitrogen and oxygen atoms in total. The minimum Gasteiger partial charge on any atom is -0.358 e. The van der Waals surface area contributed by atoms with E-state index in [9.17, 15) is 23.6 Å². The Bertz CT molecular complexity index is 1230. The number of anilines is 1. The minimum atomic E-state index is -0.814. The number of H-pyrrole nitrogens is 1. The largest absolute Gasteiger partial charge is 0.358 e. The van der Waals surface area contributed by atoms with E-state index in [4.69, 9.17) is 5.73 Å². The predicted octanol–water partition coefficient (Wildman–Crippen LogP) is 2.56. The summed E-state index contributed by atoms with van der Waals surface area (Å²) < 4.78 is 14.1. The molecule has 3 amide bonds. The van der Waals surface area contributed by atoms with Gasteiger partial charge in [0, 0.05) is 36.5 Å². The summed E-state index contributed by atoms with van der Waals surface area (Å²) in [4.78, 5) is 56.3. The molecule has 0 radical (unpaired) electrons. The van der Waals surface area contributed by atoms with E-state index >= 15 is 0 Å². The van der Waals surface area contributed by atoms with Crippen LogP contribution in [0.4, 0.5) is 10.1 Å². The third kappa shape index (κ3) is 6.03. The average Bonchev–Trinajstić information content (AvgIpc) is 3.31. The Morgan fingerprint density at radius 2 is 1.95 bits per heavy atom. The number of nitrogens with zero attached hydrogens (tertiary/aromatic N) is 2. The standard InChI is InChI=1S/C27H34FN5O4/c1-5-32(6-2)12-11-30-26(36)25-16(3)22(31-17(25)4)14-21-20-13-18(28)7-9-23(20)33(27(21)37)24(35)10-8-19(29)15-34/h7,9,13-15,19,31H,5-6,8,10-12,29H2,1-4H3,(H,30,36)/b21-14-/t19-/m0/s1. The maximum absolute atomic E-state index is 14.1. The predicted molar refractivity (Wildman–Crippen MR) is 140 cm³/mol. The Morgan fingerprint density at radius 3 is 2.59 bits per heavy atom. The molecule has 0 bridgehead atoms. The molecular formula is C27H34FN5O4. The number of carbonyl (C=O) groups is 4. The van der Waals surface area contributed by atoms with E-state index < -0.39 is 23.7 Å². The molecular weight excluding hydrogens is 477 g/mol. The summed E-state index contributed by atoms with van der Waals surface area (Å²) in [6.07, 6.45) is 2.05. The van der Waals surface area contributed by atoms with E-state index in [0.29, 0.717) is 35.3 Å². The van der Waals surface area contributed by atoms with Crippen LogP contribution in [0.3, 0.4) is 0 Å². The first kappa shape index (κ1) is 27.9. The lowest BCUT2D eigenvalue weighted by molar-refractivity contribution is -0.123. The number of amides is 3. The molecule has 1 aliphatic rings. The molecule has 3 rings (SSSR count). The summed E-state index contributed by atoms with van der Waals surface area (Å²) >= 11 is 0. The first-order chi connectivity index (χ1) is 17.6. The van der Waals surface area contributed by atoms with Crippen LogP contribution < -0.4 is 16.0 Å². The van der Waals surface area contributed by atoms with E-state index in [1.54, 1.807) is 19.9 Å². The van der Waals surface area contributed by atoms with Crippen LogP contribution in [0.15, 0.2) is 18.2 Å². The van der Waals surface area contributed by atoms with Gasteiger partial charge in [-0.2, -0.15) is 0 Å². The molecule has 2 heterocycles. The maximum Gasteiger partial charge on any atom is 0.265 e. The van der Waals surface area contributed by atoms with Gasteiger partial charge in [-0.15, -0.1) is 0 Å². The zero-order chi connectivity index (χ0) is 27.3. The highest BCUT2D eigenvalue weighted by atomic mass is 19.1. The van der Waals surface area contributed by atoms with E-state index in [1.807, 2.05) is 0 Å². The molecule has 37 heavy (non-hydrogen) atoms. The number of aromatic nitrogens is 1. The van der Waals surface area contributed by atoms with Crippen molar-refractivity contribution in [2.24, 2.45) is 5.73 Å². The van der Waals surface area contributed by atoms with Gasteiger partial charge in [0.15, 0.2) is 0 Å². The fourth-order valence-corrected chi connectivity index (χ4v) is 4.48. The summed E-state index contributed by atoms with van der Waals surface area (Å²) in [6.45, 7) is 10.7. The van der Waals surface area contributed by atoms with Crippen molar-refractivity contribution in [1.29, 1.82) is 0 Å². The van der Waals surface area contributed by atoms with Crippen LogP contribution >= 0.6 is 0 Å². The highest BCUT2D eigenvalue weighted by Gasteiger charge is 2.37. The number of aldehydes is 1. The number of aromatic amines is 1. The van der Waals surface area contributed by atoms with Crippen LogP contribution in [-0.2, 0) is 14.4 Å². The molecule has 0 fully saturated rings. The highest BCUT2D eigenvalue weighted by Crippen LogP contribution is 2.39. The van der Waals surface area contributed by atoms with Gasteiger partial charge in [-0.05, 0) is 63.2 Å². The van der Waals surface area contributed by atoms with Gasteiger partial charge < -0.3 is 25.7 Å². The van der Waals surface area contributed by atoms with Crippen LogP contribution in [-0.4, -0.2) is 66.1 Å². The van der Waals surface area contributed by atoms with Gasteiger partial charge in [-0.3, -0.25) is 14.4 Å². The average molecular weight is 512 g/mol. The fourth-order valence-electron chi connectivity index (χ4n) is 4.48. The zero-order valence-electron chi connectivity index (χ0n) is 21.7. The fraction of sp³-hybridized carbons (Fsp3) is 0.407. The van der Waals surface area contributed by atoms with Crippen molar-refractivity contribution in [2.75, 3.05) is 31.1 Å². The van der Waals surface area contributed by atoms with E-state index in [0.717, 1.165) is 24.5 Å². The third-order valence-corrected chi connectivity index (χ3v) is 6.64. The van der Waals surface area contributed by atoms with Crippen LogP contribution in [0.5, 0.6) is 0 Å². The maximum atomic E-state index is 14.1.